The zero-order chi connectivity index (χ0) is 20.8. The monoisotopic (exact) mass is 544 g/mol. The second-order valence-corrected chi connectivity index (χ2v) is 9.52. The lowest BCUT2D eigenvalue weighted by Crippen LogP contribution is -2.50. The van der Waals surface area contributed by atoms with E-state index in [1.165, 1.54) is 12.0 Å². The summed E-state index contributed by atoms with van der Waals surface area (Å²) in [6.45, 7) is 5.75. The van der Waals surface area contributed by atoms with Crippen molar-refractivity contribution >= 4 is 29.9 Å². The Kier molecular flexibility index (Phi) is 6.45. The molecule has 2 heterocycles. The van der Waals surface area contributed by atoms with Crippen LogP contribution in [0.3, 0.4) is 0 Å². The predicted octanol–water partition coefficient (Wildman–Crippen LogP) is 3.35. The molecule has 0 radical (unpaired) electrons. The third-order valence-corrected chi connectivity index (χ3v) is 7.85. The first-order chi connectivity index (χ1) is 15.3. The molecule has 2 saturated heterocycles. The number of rotatable bonds is 4. The summed E-state index contributed by atoms with van der Waals surface area (Å²) < 4.78 is 6.17. The highest BCUT2D eigenvalue weighted by molar-refractivity contribution is 14.0. The number of benzene rings is 2. The molecule has 5 unspecified atom stereocenters. The van der Waals surface area contributed by atoms with Crippen LogP contribution in [0.25, 0.3) is 0 Å². The van der Waals surface area contributed by atoms with E-state index in [0.29, 0.717) is 6.04 Å². The second kappa shape index (κ2) is 9.31. The Morgan fingerprint density at radius 1 is 1.09 bits per heavy atom. The van der Waals surface area contributed by atoms with E-state index in [1.807, 2.05) is 7.05 Å². The van der Waals surface area contributed by atoms with Gasteiger partial charge in [-0.05, 0) is 40.9 Å². The molecule has 6 rings (SSSR count). The Morgan fingerprint density at radius 2 is 1.91 bits per heavy atom. The fraction of sp³-hybridized carbons (Fsp3) is 0.500. The van der Waals surface area contributed by atoms with Crippen LogP contribution in [-0.2, 0) is 17.7 Å². The molecule has 1 N–H and O–H groups in total. The maximum atomic E-state index is 6.17. The molecule has 32 heavy (non-hydrogen) atoms. The van der Waals surface area contributed by atoms with Crippen LogP contribution in [0.1, 0.15) is 22.6 Å². The molecule has 5 atom stereocenters. The number of likely N-dealkylation sites (tertiary alicyclic amines) is 1. The molecule has 2 aliphatic heterocycles. The van der Waals surface area contributed by atoms with E-state index in [1.54, 1.807) is 11.1 Å². The largest absolute Gasteiger partial charge is 0.373 e. The Bertz CT molecular complexity index is 967. The molecule has 3 fully saturated rings. The molecule has 1 saturated carbocycles. The van der Waals surface area contributed by atoms with Gasteiger partial charge in [0.25, 0.3) is 0 Å². The van der Waals surface area contributed by atoms with Crippen LogP contribution in [0.15, 0.2) is 59.6 Å². The molecule has 0 spiro atoms. The molecule has 0 amide bonds. The standard InChI is InChI=1S/C26H32N4O.HI/c1-27-26(28-14-22-21-13-19-9-5-6-10-20(19)25(21)22)30-16-23-24(17-30)31-12-11-29(23)15-18-7-3-2-4-8-18;/h2-10,21-25H,11-17H2,1H3,(H,27,28);1H. The number of fused-ring (bicyclic) bond motifs is 4. The van der Waals surface area contributed by atoms with Crippen LogP contribution in [-0.4, -0.2) is 67.7 Å². The maximum absolute atomic E-state index is 6.17. The normalized spacial score (nSPS) is 30.8. The maximum Gasteiger partial charge on any atom is 0.193 e. The van der Waals surface area contributed by atoms with Crippen molar-refractivity contribution in [3.8, 4) is 0 Å². The molecule has 6 heteroatoms. The smallest absolute Gasteiger partial charge is 0.193 e. The van der Waals surface area contributed by atoms with Crippen LogP contribution in [0.2, 0.25) is 0 Å². The number of halogens is 1. The highest BCUT2D eigenvalue weighted by atomic mass is 127. The van der Waals surface area contributed by atoms with Crippen LogP contribution in [0, 0.1) is 11.8 Å². The van der Waals surface area contributed by atoms with Gasteiger partial charge in [0.05, 0.1) is 18.8 Å². The Morgan fingerprint density at radius 3 is 2.75 bits per heavy atom. The summed E-state index contributed by atoms with van der Waals surface area (Å²) >= 11 is 0. The first-order valence-electron chi connectivity index (χ1n) is 11.7. The summed E-state index contributed by atoms with van der Waals surface area (Å²) in [5.74, 6) is 3.37. The molecule has 4 aliphatic rings. The van der Waals surface area contributed by atoms with Crippen LogP contribution in [0.5, 0.6) is 0 Å². The summed E-state index contributed by atoms with van der Waals surface area (Å²) in [5, 5.41) is 3.71. The third-order valence-electron chi connectivity index (χ3n) is 7.85. The fourth-order valence-electron chi connectivity index (χ4n) is 6.25. The average Bonchev–Trinajstić information content (AvgIpc) is 3.12. The van der Waals surface area contributed by atoms with Crippen molar-refractivity contribution in [1.29, 1.82) is 0 Å². The molecule has 2 aromatic carbocycles. The zero-order valence-corrected chi connectivity index (χ0v) is 21.0. The van der Waals surface area contributed by atoms with Crippen molar-refractivity contribution in [2.24, 2.45) is 16.8 Å². The Hall–Kier alpha value is -1.64. The van der Waals surface area contributed by atoms with Gasteiger partial charge in [0.1, 0.15) is 0 Å². The molecule has 2 aromatic rings. The van der Waals surface area contributed by atoms with E-state index >= 15 is 0 Å². The average molecular weight is 544 g/mol. The van der Waals surface area contributed by atoms with Gasteiger partial charge in [-0.1, -0.05) is 54.6 Å². The number of nitrogens with one attached hydrogen (secondary N) is 1. The molecule has 170 valence electrons. The summed E-state index contributed by atoms with van der Waals surface area (Å²) in [6, 6.07) is 20.2. The van der Waals surface area contributed by atoms with Crippen molar-refractivity contribution in [3.63, 3.8) is 0 Å². The number of morpholine rings is 1. The van der Waals surface area contributed by atoms with Gasteiger partial charge in [0.2, 0.25) is 0 Å². The molecule has 5 nitrogen and oxygen atoms in total. The van der Waals surface area contributed by atoms with Gasteiger partial charge in [-0.25, -0.2) is 0 Å². The zero-order valence-electron chi connectivity index (χ0n) is 18.7. The van der Waals surface area contributed by atoms with E-state index in [4.69, 9.17) is 4.74 Å². The van der Waals surface area contributed by atoms with Crippen LogP contribution in [0.4, 0.5) is 0 Å². The third kappa shape index (κ3) is 4.05. The number of nitrogens with zero attached hydrogens (tertiary/aromatic N) is 3. The Balaban J connectivity index is 0.00000216. The van der Waals surface area contributed by atoms with Gasteiger partial charge in [0.15, 0.2) is 5.96 Å². The molecular formula is C26H33IN4O. The highest BCUT2D eigenvalue weighted by Gasteiger charge is 2.55. The lowest BCUT2D eigenvalue weighted by molar-refractivity contribution is -0.0502. The summed E-state index contributed by atoms with van der Waals surface area (Å²) in [5.41, 5.74) is 4.54. The fourth-order valence-corrected chi connectivity index (χ4v) is 6.25. The molecule has 2 aliphatic carbocycles. The minimum absolute atomic E-state index is 0. The van der Waals surface area contributed by atoms with E-state index < -0.39 is 0 Å². The molecule has 0 aromatic heterocycles. The van der Waals surface area contributed by atoms with Crippen molar-refractivity contribution < 1.29 is 4.74 Å². The van der Waals surface area contributed by atoms with Gasteiger partial charge in [0, 0.05) is 39.8 Å². The topological polar surface area (TPSA) is 40.1 Å². The minimum atomic E-state index is 0. The van der Waals surface area contributed by atoms with Crippen LogP contribution < -0.4 is 5.32 Å². The van der Waals surface area contributed by atoms with E-state index in [0.717, 1.165) is 63.0 Å². The summed E-state index contributed by atoms with van der Waals surface area (Å²) in [4.78, 5) is 9.64. The number of hydrogen-bond donors (Lipinski definition) is 1. The van der Waals surface area contributed by atoms with Gasteiger partial charge in [-0.3, -0.25) is 9.89 Å². The first-order valence-corrected chi connectivity index (χ1v) is 11.7. The summed E-state index contributed by atoms with van der Waals surface area (Å²) in [6.07, 6.45) is 1.52. The number of guanidine groups is 1. The molecular weight excluding hydrogens is 511 g/mol. The number of hydrogen-bond acceptors (Lipinski definition) is 3. The SMILES string of the molecule is CN=C(NCC1C2Cc3ccccc3C12)N1CC2OCCN(Cc3ccccc3)C2C1.I. The van der Waals surface area contributed by atoms with E-state index in [-0.39, 0.29) is 30.1 Å². The van der Waals surface area contributed by atoms with Crippen molar-refractivity contribution in [2.45, 2.75) is 31.0 Å². The van der Waals surface area contributed by atoms with Crippen molar-refractivity contribution in [2.75, 3.05) is 39.8 Å². The lowest BCUT2D eigenvalue weighted by Gasteiger charge is -2.36. The molecule has 0 bridgehead atoms. The quantitative estimate of drug-likeness (QED) is 0.364. The number of ether oxygens (including phenoxy) is 1. The van der Waals surface area contributed by atoms with Crippen molar-refractivity contribution in [3.05, 3.63) is 71.3 Å². The van der Waals surface area contributed by atoms with E-state index in [9.17, 15) is 0 Å². The van der Waals surface area contributed by atoms with Gasteiger partial charge < -0.3 is 15.0 Å². The van der Waals surface area contributed by atoms with Gasteiger partial charge >= 0.3 is 0 Å². The minimum Gasteiger partial charge on any atom is -0.373 e. The summed E-state index contributed by atoms with van der Waals surface area (Å²) in [7, 11) is 1.91. The second-order valence-electron chi connectivity index (χ2n) is 9.52. The predicted molar refractivity (Wildman–Crippen MR) is 139 cm³/mol. The van der Waals surface area contributed by atoms with Crippen LogP contribution >= 0.6 is 24.0 Å². The number of aliphatic imine (C=N–C) groups is 1. The van der Waals surface area contributed by atoms with Crippen molar-refractivity contribution in [1.82, 2.24) is 15.1 Å². The van der Waals surface area contributed by atoms with Gasteiger partial charge in [-0.15, -0.1) is 24.0 Å². The first kappa shape index (κ1) is 22.2. The Labute approximate surface area is 208 Å². The van der Waals surface area contributed by atoms with E-state index in [2.05, 4.69) is 74.7 Å². The van der Waals surface area contributed by atoms with Gasteiger partial charge in [-0.2, -0.15) is 0 Å². The highest BCUT2D eigenvalue weighted by Crippen LogP contribution is 2.60. The lowest BCUT2D eigenvalue weighted by atomic mass is 10.0.